The van der Waals surface area contributed by atoms with E-state index < -0.39 is 26.0 Å². The van der Waals surface area contributed by atoms with E-state index in [1.165, 1.54) is 21.6 Å². The number of nitrogens with one attached hydrogen (secondary N) is 1. The van der Waals surface area contributed by atoms with Crippen molar-refractivity contribution in [1.29, 1.82) is 0 Å². The predicted octanol–water partition coefficient (Wildman–Crippen LogP) is 2.48. The standard InChI is InChI=1S/C22H29N3O6S2/c1-17-21(33(29,30)25-12-5-6-13-25)15-20(31-17)22(26)23-16-18-8-7-9-19(14-18)32(27,28)24-10-3-2-4-11-24/h7-9,14-15H,2-6,10-13,16H2,1H3,(H,23,26). The number of hydrogen-bond acceptors (Lipinski definition) is 6. The van der Waals surface area contributed by atoms with Crippen LogP contribution in [0.5, 0.6) is 0 Å². The van der Waals surface area contributed by atoms with E-state index in [1.54, 1.807) is 24.3 Å². The Morgan fingerprint density at radius 1 is 0.909 bits per heavy atom. The SMILES string of the molecule is Cc1oc(C(=O)NCc2cccc(S(=O)(=O)N3CCCCC3)c2)cc1S(=O)(=O)N1CCCC1. The summed E-state index contributed by atoms with van der Waals surface area (Å²) < 4.78 is 59.8. The number of aryl methyl sites for hydroxylation is 1. The van der Waals surface area contributed by atoms with Crippen molar-refractivity contribution < 1.29 is 26.0 Å². The Kier molecular flexibility index (Phi) is 6.94. The molecule has 0 aliphatic carbocycles. The molecule has 0 saturated carbocycles. The van der Waals surface area contributed by atoms with Crippen molar-refractivity contribution in [2.24, 2.45) is 0 Å². The lowest BCUT2D eigenvalue weighted by Crippen LogP contribution is -2.35. The second-order valence-corrected chi connectivity index (χ2v) is 12.3. The molecule has 0 radical (unpaired) electrons. The van der Waals surface area contributed by atoms with Gasteiger partial charge in [0, 0.05) is 38.8 Å². The van der Waals surface area contributed by atoms with Crippen molar-refractivity contribution in [1.82, 2.24) is 13.9 Å². The number of carbonyl (C=O) groups excluding carboxylic acids is 1. The third-order valence-electron chi connectivity index (χ3n) is 6.08. The van der Waals surface area contributed by atoms with E-state index in [4.69, 9.17) is 4.42 Å². The van der Waals surface area contributed by atoms with E-state index in [1.807, 2.05) is 0 Å². The monoisotopic (exact) mass is 495 g/mol. The number of nitrogens with zero attached hydrogens (tertiary/aromatic N) is 2. The summed E-state index contributed by atoms with van der Waals surface area (Å²) in [6.07, 6.45) is 4.37. The summed E-state index contributed by atoms with van der Waals surface area (Å²) in [7, 11) is -7.27. The number of piperidine rings is 1. The molecule has 0 spiro atoms. The largest absolute Gasteiger partial charge is 0.455 e. The first-order valence-electron chi connectivity index (χ1n) is 11.2. The lowest BCUT2D eigenvalue weighted by molar-refractivity contribution is 0.0922. The minimum absolute atomic E-state index is 0.00386. The quantitative estimate of drug-likeness (QED) is 0.631. The molecule has 33 heavy (non-hydrogen) atoms. The second-order valence-electron chi connectivity index (χ2n) is 8.44. The summed E-state index contributed by atoms with van der Waals surface area (Å²) in [6.45, 7) is 3.56. The van der Waals surface area contributed by atoms with Crippen LogP contribution in [0.3, 0.4) is 0 Å². The van der Waals surface area contributed by atoms with Crippen molar-refractivity contribution in [3.05, 3.63) is 47.4 Å². The molecule has 2 aromatic rings. The lowest BCUT2D eigenvalue weighted by Gasteiger charge is -2.26. The van der Waals surface area contributed by atoms with E-state index in [-0.39, 0.29) is 27.9 Å². The van der Waals surface area contributed by atoms with Crippen LogP contribution < -0.4 is 5.32 Å². The summed E-state index contributed by atoms with van der Waals surface area (Å²) in [4.78, 5) is 12.8. The van der Waals surface area contributed by atoms with Crippen LogP contribution in [0.1, 0.15) is 54.0 Å². The maximum Gasteiger partial charge on any atom is 0.287 e. The number of amides is 1. The molecular formula is C22H29N3O6S2. The van der Waals surface area contributed by atoms with Crippen molar-refractivity contribution in [2.45, 2.75) is 55.4 Å². The van der Waals surface area contributed by atoms with Gasteiger partial charge >= 0.3 is 0 Å². The zero-order valence-corrected chi connectivity index (χ0v) is 20.3. The van der Waals surface area contributed by atoms with Crippen LogP contribution in [-0.4, -0.2) is 57.5 Å². The third-order valence-corrected chi connectivity index (χ3v) is 9.98. The summed E-state index contributed by atoms with van der Waals surface area (Å²) >= 11 is 0. The highest BCUT2D eigenvalue weighted by atomic mass is 32.2. The molecule has 0 bridgehead atoms. The highest BCUT2D eigenvalue weighted by molar-refractivity contribution is 7.89. The normalized spacial score (nSPS) is 18.5. The van der Waals surface area contributed by atoms with Crippen LogP contribution in [0.15, 0.2) is 44.5 Å². The maximum atomic E-state index is 12.9. The average molecular weight is 496 g/mol. The number of benzene rings is 1. The van der Waals surface area contributed by atoms with E-state index in [9.17, 15) is 21.6 Å². The number of rotatable bonds is 7. The molecule has 2 saturated heterocycles. The molecule has 4 rings (SSSR count). The first-order valence-corrected chi connectivity index (χ1v) is 14.1. The van der Waals surface area contributed by atoms with Gasteiger partial charge in [-0.25, -0.2) is 16.8 Å². The topological polar surface area (TPSA) is 117 Å². The van der Waals surface area contributed by atoms with E-state index >= 15 is 0 Å². The molecule has 0 atom stereocenters. The molecule has 2 fully saturated rings. The molecule has 180 valence electrons. The highest BCUT2D eigenvalue weighted by Crippen LogP contribution is 2.26. The van der Waals surface area contributed by atoms with Gasteiger partial charge in [0.15, 0.2) is 5.76 Å². The van der Waals surface area contributed by atoms with E-state index in [2.05, 4.69) is 5.32 Å². The molecule has 2 aliphatic rings. The number of furan rings is 1. The van der Waals surface area contributed by atoms with Gasteiger partial charge in [0.25, 0.3) is 5.91 Å². The zero-order valence-electron chi connectivity index (χ0n) is 18.6. The Labute approximate surface area is 194 Å². The Bertz CT molecular complexity index is 1220. The van der Waals surface area contributed by atoms with Crippen molar-refractivity contribution in [3.8, 4) is 0 Å². The second kappa shape index (κ2) is 9.57. The third kappa shape index (κ3) is 5.01. The average Bonchev–Trinajstić information content (AvgIpc) is 3.49. The van der Waals surface area contributed by atoms with Crippen molar-refractivity contribution >= 4 is 26.0 Å². The van der Waals surface area contributed by atoms with Gasteiger partial charge in [-0.05, 0) is 50.3 Å². The van der Waals surface area contributed by atoms with Crippen LogP contribution in [0.25, 0.3) is 0 Å². The fourth-order valence-corrected chi connectivity index (χ4v) is 7.51. The molecule has 1 aromatic carbocycles. The Hall–Kier alpha value is -2.21. The molecule has 1 amide bonds. The Morgan fingerprint density at radius 3 is 2.18 bits per heavy atom. The van der Waals surface area contributed by atoms with E-state index in [0.717, 1.165) is 32.1 Å². The molecule has 0 unspecified atom stereocenters. The van der Waals surface area contributed by atoms with Crippen LogP contribution >= 0.6 is 0 Å². The van der Waals surface area contributed by atoms with Gasteiger partial charge in [-0.2, -0.15) is 8.61 Å². The van der Waals surface area contributed by atoms with Gasteiger partial charge in [-0.15, -0.1) is 0 Å². The van der Waals surface area contributed by atoms with Gasteiger partial charge in [0.1, 0.15) is 10.7 Å². The number of carbonyl (C=O) groups is 1. The fourth-order valence-electron chi connectivity index (χ4n) is 4.24. The van der Waals surface area contributed by atoms with Crippen LogP contribution in [-0.2, 0) is 26.6 Å². The van der Waals surface area contributed by atoms with Crippen molar-refractivity contribution in [3.63, 3.8) is 0 Å². The minimum atomic E-state index is -3.69. The maximum absolute atomic E-state index is 12.9. The summed E-state index contributed by atoms with van der Waals surface area (Å²) in [5.41, 5.74) is 0.620. The Morgan fingerprint density at radius 2 is 1.52 bits per heavy atom. The summed E-state index contributed by atoms with van der Waals surface area (Å²) in [5.74, 6) is -0.491. The molecule has 1 N–H and O–H groups in total. The number of sulfonamides is 2. The van der Waals surface area contributed by atoms with Gasteiger partial charge in [0.2, 0.25) is 20.0 Å². The van der Waals surface area contributed by atoms with Crippen LogP contribution in [0.2, 0.25) is 0 Å². The van der Waals surface area contributed by atoms with Gasteiger partial charge in [-0.1, -0.05) is 18.6 Å². The molecule has 11 heteroatoms. The van der Waals surface area contributed by atoms with Gasteiger partial charge < -0.3 is 9.73 Å². The lowest BCUT2D eigenvalue weighted by atomic mass is 10.2. The molecule has 9 nitrogen and oxygen atoms in total. The summed E-state index contributed by atoms with van der Waals surface area (Å²) in [6, 6.07) is 7.75. The molecule has 2 aliphatic heterocycles. The zero-order chi connectivity index (χ0) is 23.6. The predicted molar refractivity (Wildman–Crippen MR) is 122 cm³/mol. The first-order chi connectivity index (χ1) is 15.7. The Balaban J connectivity index is 1.45. The van der Waals surface area contributed by atoms with Gasteiger partial charge in [0.05, 0.1) is 4.90 Å². The van der Waals surface area contributed by atoms with Gasteiger partial charge in [-0.3, -0.25) is 4.79 Å². The van der Waals surface area contributed by atoms with E-state index in [0.29, 0.717) is 31.7 Å². The minimum Gasteiger partial charge on any atom is -0.455 e. The smallest absolute Gasteiger partial charge is 0.287 e. The van der Waals surface area contributed by atoms with Crippen LogP contribution in [0, 0.1) is 6.92 Å². The van der Waals surface area contributed by atoms with Crippen LogP contribution in [0.4, 0.5) is 0 Å². The molecule has 1 aromatic heterocycles. The molecular weight excluding hydrogens is 466 g/mol. The fraction of sp³-hybridized carbons (Fsp3) is 0.500. The summed E-state index contributed by atoms with van der Waals surface area (Å²) in [5, 5.41) is 2.69. The van der Waals surface area contributed by atoms with Crippen molar-refractivity contribution in [2.75, 3.05) is 26.2 Å². The molecule has 3 heterocycles. The number of hydrogen-bond donors (Lipinski definition) is 1. The first kappa shape index (κ1) is 23.9. The highest BCUT2D eigenvalue weighted by Gasteiger charge is 2.32.